The summed E-state index contributed by atoms with van der Waals surface area (Å²) in [6.07, 6.45) is 0. The van der Waals surface area contributed by atoms with Crippen molar-refractivity contribution < 1.29 is 0 Å². The van der Waals surface area contributed by atoms with Crippen molar-refractivity contribution in [1.29, 1.82) is 0 Å². The number of hydrogen-bond acceptors (Lipinski definition) is 3. The van der Waals surface area contributed by atoms with Crippen molar-refractivity contribution in [2.75, 3.05) is 11.9 Å². The van der Waals surface area contributed by atoms with Gasteiger partial charge in [0, 0.05) is 12.2 Å². The van der Waals surface area contributed by atoms with Gasteiger partial charge in [0.05, 0.1) is 5.56 Å². The summed E-state index contributed by atoms with van der Waals surface area (Å²) in [6.45, 7) is 11.5. The van der Waals surface area contributed by atoms with E-state index in [0.29, 0.717) is 16.8 Å². The van der Waals surface area contributed by atoms with Crippen LogP contribution in [0.1, 0.15) is 37.6 Å². The maximum atomic E-state index is 5.78. The number of aryl methyl sites for hydroxylation is 2. The van der Waals surface area contributed by atoms with Gasteiger partial charge in [-0.2, -0.15) is 0 Å². The van der Waals surface area contributed by atoms with E-state index in [4.69, 9.17) is 18.0 Å². The van der Waals surface area contributed by atoms with Crippen molar-refractivity contribution in [1.82, 2.24) is 4.98 Å². The van der Waals surface area contributed by atoms with Crippen LogP contribution in [0, 0.1) is 25.7 Å². The summed E-state index contributed by atoms with van der Waals surface area (Å²) in [5.41, 5.74) is 8.71. The van der Waals surface area contributed by atoms with E-state index < -0.39 is 0 Å². The molecule has 0 fully saturated rings. The fourth-order valence-electron chi connectivity index (χ4n) is 1.77. The number of rotatable bonds is 5. The highest BCUT2D eigenvalue weighted by molar-refractivity contribution is 7.80. The van der Waals surface area contributed by atoms with E-state index in [0.717, 1.165) is 29.2 Å². The third-order valence-electron chi connectivity index (χ3n) is 3.32. The third-order valence-corrected chi connectivity index (χ3v) is 3.52. The zero-order valence-corrected chi connectivity index (χ0v) is 12.7. The van der Waals surface area contributed by atoms with Crippen LogP contribution < -0.4 is 11.1 Å². The second kappa shape index (κ2) is 6.14. The first-order valence-corrected chi connectivity index (χ1v) is 6.75. The molecule has 0 aromatic carbocycles. The Labute approximate surface area is 115 Å². The molecule has 0 radical (unpaired) electrons. The maximum absolute atomic E-state index is 5.78. The first-order chi connectivity index (χ1) is 8.32. The minimum atomic E-state index is 0.403. The Hall–Kier alpha value is -1.16. The molecule has 0 aliphatic carbocycles. The van der Waals surface area contributed by atoms with E-state index in [2.05, 4.69) is 31.1 Å². The monoisotopic (exact) mass is 265 g/mol. The Morgan fingerprint density at radius 3 is 2.50 bits per heavy atom. The van der Waals surface area contributed by atoms with Gasteiger partial charge in [0.1, 0.15) is 10.8 Å². The smallest absolute Gasteiger partial charge is 0.136 e. The van der Waals surface area contributed by atoms with E-state index in [1.54, 1.807) is 0 Å². The van der Waals surface area contributed by atoms with Crippen LogP contribution in [0.3, 0.4) is 0 Å². The summed E-state index contributed by atoms with van der Waals surface area (Å²) in [7, 11) is 0. The quantitative estimate of drug-likeness (QED) is 0.804. The lowest BCUT2D eigenvalue weighted by Crippen LogP contribution is -2.21. The van der Waals surface area contributed by atoms with E-state index in [9.17, 15) is 0 Å². The number of hydrogen-bond donors (Lipinski definition) is 2. The number of nitrogens with two attached hydrogens (primary N) is 1. The summed E-state index contributed by atoms with van der Waals surface area (Å²) in [6, 6.07) is 2.01. The van der Waals surface area contributed by atoms with Crippen molar-refractivity contribution in [3.05, 3.63) is 22.9 Å². The van der Waals surface area contributed by atoms with Crippen molar-refractivity contribution in [2.45, 2.75) is 34.6 Å². The second-order valence-corrected chi connectivity index (χ2v) is 5.71. The maximum Gasteiger partial charge on any atom is 0.136 e. The van der Waals surface area contributed by atoms with Crippen LogP contribution in [0.15, 0.2) is 6.07 Å². The standard InChI is InChI=1S/C14H23N3S/c1-8(2)10(4)7-16-14-12(13(15)18)9(3)6-11(5)17-14/h6,8,10H,7H2,1-5H3,(H2,15,18)(H,16,17). The molecule has 0 saturated carbocycles. The van der Waals surface area contributed by atoms with Gasteiger partial charge in [0.2, 0.25) is 0 Å². The van der Waals surface area contributed by atoms with Crippen molar-refractivity contribution in [3.63, 3.8) is 0 Å². The molecule has 1 aromatic rings. The predicted octanol–water partition coefficient (Wildman–Crippen LogP) is 3.04. The molecule has 0 spiro atoms. The number of thiocarbonyl (C=S) groups is 1. The molecule has 1 atom stereocenters. The summed E-state index contributed by atoms with van der Waals surface area (Å²) in [5, 5.41) is 3.38. The van der Waals surface area contributed by atoms with Gasteiger partial charge in [-0.1, -0.05) is 33.0 Å². The lowest BCUT2D eigenvalue weighted by atomic mass is 9.98. The molecular formula is C14H23N3S. The molecule has 3 N–H and O–H groups in total. The molecular weight excluding hydrogens is 242 g/mol. The fraction of sp³-hybridized carbons (Fsp3) is 0.571. The lowest BCUT2D eigenvalue weighted by Gasteiger charge is -2.19. The van der Waals surface area contributed by atoms with E-state index >= 15 is 0 Å². The van der Waals surface area contributed by atoms with Crippen molar-refractivity contribution in [2.24, 2.45) is 17.6 Å². The molecule has 18 heavy (non-hydrogen) atoms. The number of nitrogens with one attached hydrogen (secondary N) is 1. The van der Waals surface area contributed by atoms with Gasteiger partial charge in [-0.15, -0.1) is 0 Å². The van der Waals surface area contributed by atoms with Crippen molar-refractivity contribution in [3.8, 4) is 0 Å². The van der Waals surface area contributed by atoms with Gasteiger partial charge in [-0.3, -0.25) is 0 Å². The number of anilines is 1. The van der Waals surface area contributed by atoms with E-state index in [-0.39, 0.29) is 0 Å². The van der Waals surface area contributed by atoms with Crippen LogP contribution in [0.5, 0.6) is 0 Å². The van der Waals surface area contributed by atoms with Crippen LogP contribution in [-0.2, 0) is 0 Å². The Kier molecular flexibility index (Phi) is 5.08. The Morgan fingerprint density at radius 2 is 2.00 bits per heavy atom. The van der Waals surface area contributed by atoms with Crippen LogP contribution in [0.25, 0.3) is 0 Å². The average molecular weight is 265 g/mol. The summed E-state index contributed by atoms with van der Waals surface area (Å²) >= 11 is 5.11. The van der Waals surface area contributed by atoms with E-state index in [1.165, 1.54) is 0 Å². The minimum Gasteiger partial charge on any atom is -0.389 e. The van der Waals surface area contributed by atoms with Crippen LogP contribution in [0.2, 0.25) is 0 Å². The SMILES string of the molecule is Cc1cc(C)c(C(N)=S)c(NCC(C)C(C)C)n1. The molecule has 3 nitrogen and oxygen atoms in total. The molecule has 1 aromatic heterocycles. The Balaban J connectivity index is 2.97. The van der Waals surface area contributed by atoms with Crippen LogP contribution in [-0.4, -0.2) is 16.5 Å². The van der Waals surface area contributed by atoms with Gasteiger partial charge >= 0.3 is 0 Å². The number of pyridine rings is 1. The van der Waals surface area contributed by atoms with Gasteiger partial charge in [-0.25, -0.2) is 4.98 Å². The molecule has 0 amide bonds. The van der Waals surface area contributed by atoms with E-state index in [1.807, 2.05) is 19.9 Å². The number of nitrogens with zero attached hydrogens (tertiary/aromatic N) is 1. The van der Waals surface area contributed by atoms with Crippen molar-refractivity contribution >= 4 is 23.0 Å². The van der Waals surface area contributed by atoms with Crippen LogP contribution >= 0.6 is 12.2 Å². The van der Waals surface area contributed by atoms with Gasteiger partial charge in [-0.05, 0) is 37.3 Å². The first-order valence-electron chi connectivity index (χ1n) is 6.34. The average Bonchev–Trinajstić information content (AvgIpc) is 2.23. The molecule has 0 saturated heterocycles. The highest BCUT2D eigenvalue weighted by Crippen LogP contribution is 2.20. The fourth-order valence-corrected chi connectivity index (χ4v) is 2.03. The van der Waals surface area contributed by atoms with Gasteiger partial charge < -0.3 is 11.1 Å². The van der Waals surface area contributed by atoms with Gasteiger partial charge in [0.15, 0.2) is 0 Å². The molecule has 1 rings (SSSR count). The van der Waals surface area contributed by atoms with Gasteiger partial charge in [0.25, 0.3) is 0 Å². The summed E-state index contributed by atoms with van der Waals surface area (Å²) < 4.78 is 0. The number of aromatic nitrogens is 1. The first kappa shape index (κ1) is 14.9. The Bertz CT molecular complexity index is 441. The third kappa shape index (κ3) is 3.67. The molecule has 4 heteroatoms. The molecule has 0 aliphatic rings. The zero-order valence-electron chi connectivity index (χ0n) is 11.9. The topological polar surface area (TPSA) is 50.9 Å². The van der Waals surface area contributed by atoms with Crippen LogP contribution in [0.4, 0.5) is 5.82 Å². The zero-order chi connectivity index (χ0) is 13.9. The normalized spacial score (nSPS) is 12.6. The summed E-state index contributed by atoms with van der Waals surface area (Å²) in [5.74, 6) is 2.02. The lowest BCUT2D eigenvalue weighted by molar-refractivity contribution is 0.439. The molecule has 0 aliphatic heterocycles. The molecule has 1 heterocycles. The molecule has 100 valence electrons. The highest BCUT2D eigenvalue weighted by Gasteiger charge is 2.13. The molecule has 0 bridgehead atoms. The largest absolute Gasteiger partial charge is 0.389 e. The molecule has 1 unspecified atom stereocenters. The second-order valence-electron chi connectivity index (χ2n) is 5.27. The summed E-state index contributed by atoms with van der Waals surface area (Å²) in [4.78, 5) is 4.91. The Morgan fingerprint density at radius 1 is 1.39 bits per heavy atom. The highest BCUT2D eigenvalue weighted by atomic mass is 32.1. The minimum absolute atomic E-state index is 0.403. The predicted molar refractivity (Wildman–Crippen MR) is 82.1 cm³/mol.